The molecule has 2 aromatic rings. The number of nitrogens with one attached hydrogen (secondary N) is 1. The number of nitrogens with zero attached hydrogens (tertiary/aromatic N) is 3. The first kappa shape index (κ1) is 14.4. The van der Waals surface area contributed by atoms with Crippen molar-refractivity contribution in [3.63, 3.8) is 0 Å². The van der Waals surface area contributed by atoms with Gasteiger partial charge in [0, 0.05) is 23.5 Å². The van der Waals surface area contributed by atoms with Gasteiger partial charge in [-0.25, -0.2) is 0 Å². The van der Waals surface area contributed by atoms with Crippen molar-refractivity contribution in [3.05, 3.63) is 35.1 Å². The number of rotatable bonds is 6. The van der Waals surface area contributed by atoms with Gasteiger partial charge in [0.05, 0.1) is 0 Å². The van der Waals surface area contributed by atoms with Crippen molar-refractivity contribution in [3.8, 4) is 0 Å². The molecule has 0 fully saturated rings. The molecule has 0 aliphatic heterocycles. The van der Waals surface area contributed by atoms with E-state index in [0.29, 0.717) is 0 Å². The molecule has 2 rings (SSSR count). The second-order valence-corrected chi connectivity index (χ2v) is 5.70. The van der Waals surface area contributed by atoms with Gasteiger partial charge in [0.25, 0.3) is 0 Å². The molecule has 0 radical (unpaired) electrons. The van der Waals surface area contributed by atoms with Crippen LogP contribution in [-0.2, 0) is 13.6 Å². The Labute approximate surface area is 122 Å². The number of halogens is 1. The fourth-order valence-corrected chi connectivity index (χ4v) is 2.72. The summed E-state index contributed by atoms with van der Waals surface area (Å²) < 4.78 is 1.91. The second-order valence-electron chi connectivity index (χ2n) is 4.26. The Bertz CT molecular complexity index is 541. The van der Waals surface area contributed by atoms with Crippen LogP contribution in [0.5, 0.6) is 0 Å². The Hall–Kier alpha value is -1.04. The number of benzene rings is 1. The van der Waals surface area contributed by atoms with Crippen LogP contribution in [-0.4, -0.2) is 21.3 Å². The van der Waals surface area contributed by atoms with Crippen LogP contribution in [0, 0.1) is 0 Å². The van der Waals surface area contributed by atoms with Crippen molar-refractivity contribution in [1.82, 2.24) is 20.1 Å². The number of aryl methyl sites for hydroxylation is 1. The molecule has 0 amide bonds. The monoisotopic (exact) mass is 296 g/mol. The van der Waals surface area contributed by atoms with Crippen LogP contribution in [0.25, 0.3) is 0 Å². The maximum Gasteiger partial charge on any atom is 0.195 e. The Morgan fingerprint density at radius 2 is 2.26 bits per heavy atom. The predicted molar refractivity (Wildman–Crippen MR) is 78.6 cm³/mol. The summed E-state index contributed by atoms with van der Waals surface area (Å²) in [4.78, 5) is 1.16. The minimum absolute atomic E-state index is 0.760. The lowest BCUT2D eigenvalue weighted by atomic mass is 10.2. The van der Waals surface area contributed by atoms with Gasteiger partial charge in [-0.15, -0.1) is 10.2 Å². The molecule has 0 aliphatic carbocycles. The molecule has 1 aromatic carbocycles. The molecular formula is C13H17ClN4S. The van der Waals surface area contributed by atoms with Crippen LogP contribution in [0.15, 0.2) is 34.6 Å². The van der Waals surface area contributed by atoms with Crippen LogP contribution in [0.4, 0.5) is 0 Å². The van der Waals surface area contributed by atoms with Crippen LogP contribution < -0.4 is 5.32 Å². The van der Waals surface area contributed by atoms with Gasteiger partial charge in [-0.1, -0.05) is 18.5 Å². The molecule has 0 saturated carbocycles. The molecular weight excluding hydrogens is 280 g/mol. The van der Waals surface area contributed by atoms with E-state index in [2.05, 4.69) is 22.4 Å². The van der Waals surface area contributed by atoms with Crippen LogP contribution in [0.1, 0.15) is 18.9 Å². The third-order valence-corrected chi connectivity index (χ3v) is 4.04. The summed E-state index contributed by atoms with van der Waals surface area (Å²) in [6.45, 7) is 3.97. The van der Waals surface area contributed by atoms with Gasteiger partial charge >= 0.3 is 0 Å². The minimum atomic E-state index is 0.760. The topological polar surface area (TPSA) is 42.7 Å². The SMILES string of the molecule is CCCNCc1cc(Cl)ccc1Sc1nncn1C. The molecule has 1 N–H and O–H groups in total. The Balaban J connectivity index is 2.16. The average Bonchev–Trinajstić information content (AvgIpc) is 2.78. The zero-order chi connectivity index (χ0) is 13.7. The lowest BCUT2D eigenvalue weighted by Gasteiger charge is -2.10. The van der Waals surface area contributed by atoms with Gasteiger partial charge in [0.1, 0.15) is 6.33 Å². The number of hydrogen-bond donors (Lipinski definition) is 1. The quantitative estimate of drug-likeness (QED) is 0.832. The third-order valence-electron chi connectivity index (χ3n) is 2.64. The summed E-state index contributed by atoms with van der Waals surface area (Å²) in [7, 11) is 1.94. The van der Waals surface area contributed by atoms with Gasteiger partial charge in [-0.3, -0.25) is 0 Å². The molecule has 0 atom stereocenters. The van der Waals surface area contributed by atoms with E-state index in [4.69, 9.17) is 11.6 Å². The summed E-state index contributed by atoms with van der Waals surface area (Å²) in [5.74, 6) is 0. The molecule has 4 nitrogen and oxygen atoms in total. The molecule has 1 heterocycles. The van der Waals surface area contributed by atoms with Crippen molar-refractivity contribution in [1.29, 1.82) is 0 Å². The van der Waals surface area contributed by atoms with E-state index < -0.39 is 0 Å². The van der Waals surface area contributed by atoms with E-state index in [9.17, 15) is 0 Å². The largest absolute Gasteiger partial charge is 0.313 e. The van der Waals surface area contributed by atoms with E-state index in [0.717, 1.165) is 34.6 Å². The van der Waals surface area contributed by atoms with E-state index in [1.165, 1.54) is 5.56 Å². The van der Waals surface area contributed by atoms with Gasteiger partial charge in [-0.2, -0.15) is 0 Å². The smallest absolute Gasteiger partial charge is 0.195 e. The Kier molecular flexibility index (Phi) is 5.24. The third kappa shape index (κ3) is 3.96. The van der Waals surface area contributed by atoms with Gasteiger partial charge < -0.3 is 9.88 Å². The van der Waals surface area contributed by atoms with Crippen LogP contribution >= 0.6 is 23.4 Å². The highest BCUT2D eigenvalue weighted by Crippen LogP contribution is 2.30. The molecule has 0 aliphatic rings. The van der Waals surface area contributed by atoms with E-state index in [1.807, 2.05) is 29.8 Å². The van der Waals surface area contributed by atoms with E-state index >= 15 is 0 Å². The van der Waals surface area contributed by atoms with Crippen molar-refractivity contribution < 1.29 is 0 Å². The molecule has 102 valence electrons. The summed E-state index contributed by atoms with van der Waals surface area (Å²) in [5.41, 5.74) is 1.19. The van der Waals surface area contributed by atoms with E-state index in [-0.39, 0.29) is 0 Å². The van der Waals surface area contributed by atoms with Crippen molar-refractivity contribution in [2.45, 2.75) is 29.9 Å². The summed E-state index contributed by atoms with van der Waals surface area (Å²) in [6.07, 6.45) is 2.82. The zero-order valence-electron chi connectivity index (χ0n) is 11.1. The molecule has 19 heavy (non-hydrogen) atoms. The van der Waals surface area contributed by atoms with E-state index in [1.54, 1.807) is 18.1 Å². The normalized spacial score (nSPS) is 10.9. The molecule has 0 saturated heterocycles. The highest BCUT2D eigenvalue weighted by molar-refractivity contribution is 7.99. The number of hydrogen-bond acceptors (Lipinski definition) is 4. The highest BCUT2D eigenvalue weighted by Gasteiger charge is 2.09. The first-order valence-electron chi connectivity index (χ1n) is 6.21. The zero-order valence-corrected chi connectivity index (χ0v) is 12.6. The Morgan fingerprint density at radius 3 is 2.95 bits per heavy atom. The first-order chi connectivity index (χ1) is 9.20. The summed E-state index contributed by atoms with van der Waals surface area (Å²) in [6, 6.07) is 5.94. The van der Waals surface area contributed by atoms with Gasteiger partial charge in [0.15, 0.2) is 5.16 Å². The van der Waals surface area contributed by atoms with Crippen LogP contribution in [0.3, 0.4) is 0 Å². The van der Waals surface area contributed by atoms with Crippen molar-refractivity contribution in [2.24, 2.45) is 7.05 Å². The molecule has 0 unspecified atom stereocenters. The fraction of sp³-hybridized carbons (Fsp3) is 0.385. The minimum Gasteiger partial charge on any atom is -0.313 e. The first-order valence-corrected chi connectivity index (χ1v) is 7.41. The predicted octanol–water partition coefficient (Wildman–Crippen LogP) is 3.12. The maximum atomic E-state index is 6.07. The van der Waals surface area contributed by atoms with Crippen molar-refractivity contribution >= 4 is 23.4 Å². The maximum absolute atomic E-state index is 6.07. The average molecular weight is 297 g/mol. The van der Waals surface area contributed by atoms with Crippen molar-refractivity contribution in [2.75, 3.05) is 6.54 Å². The van der Waals surface area contributed by atoms with Gasteiger partial charge in [-0.05, 0) is 48.5 Å². The second kappa shape index (κ2) is 6.93. The van der Waals surface area contributed by atoms with Gasteiger partial charge in [0.2, 0.25) is 0 Å². The lowest BCUT2D eigenvalue weighted by Crippen LogP contribution is -2.14. The summed E-state index contributed by atoms with van der Waals surface area (Å²) in [5, 5.41) is 13.0. The summed E-state index contributed by atoms with van der Waals surface area (Å²) >= 11 is 7.68. The number of aromatic nitrogens is 3. The standard InChI is InChI=1S/C13H17ClN4S/c1-3-6-15-8-10-7-11(14)4-5-12(10)19-13-17-16-9-18(13)2/h4-5,7,9,15H,3,6,8H2,1-2H3. The molecule has 0 spiro atoms. The molecule has 1 aromatic heterocycles. The van der Waals surface area contributed by atoms with Crippen LogP contribution in [0.2, 0.25) is 5.02 Å². The fourth-order valence-electron chi connectivity index (χ4n) is 1.65. The molecule has 6 heteroatoms. The lowest BCUT2D eigenvalue weighted by molar-refractivity contribution is 0.669. The molecule has 0 bridgehead atoms. The highest BCUT2D eigenvalue weighted by atomic mass is 35.5. The Morgan fingerprint density at radius 1 is 1.42 bits per heavy atom.